The fourth-order valence-corrected chi connectivity index (χ4v) is 3.76. The minimum absolute atomic E-state index is 0.0320. The lowest BCUT2D eigenvalue weighted by Crippen LogP contribution is -2.37. The Labute approximate surface area is 203 Å². The number of rotatable bonds is 8. The van der Waals surface area contributed by atoms with Crippen molar-refractivity contribution >= 4 is 28.5 Å². The zero-order valence-electron chi connectivity index (χ0n) is 19.6. The maximum atomic E-state index is 12.7. The van der Waals surface area contributed by atoms with Crippen LogP contribution in [0, 0.1) is 0 Å². The summed E-state index contributed by atoms with van der Waals surface area (Å²) in [5, 5.41) is 6.61. The molecule has 4 rings (SSSR count). The third kappa shape index (κ3) is 5.58. The number of ether oxygens (including phenoxy) is 1. The van der Waals surface area contributed by atoms with Crippen molar-refractivity contribution < 1.29 is 14.3 Å². The number of aromatic amines is 1. The van der Waals surface area contributed by atoms with Gasteiger partial charge in [0.1, 0.15) is 5.56 Å². The molecule has 0 radical (unpaired) electrons. The monoisotopic (exact) mass is 469 g/mol. The van der Waals surface area contributed by atoms with Crippen LogP contribution in [0.3, 0.4) is 0 Å². The van der Waals surface area contributed by atoms with Gasteiger partial charge in [-0.3, -0.25) is 9.59 Å². The Morgan fingerprint density at radius 1 is 0.971 bits per heavy atom. The van der Waals surface area contributed by atoms with E-state index < -0.39 is 5.97 Å². The fraction of sp³-hybridized carbons (Fsp3) is 0.179. The summed E-state index contributed by atoms with van der Waals surface area (Å²) in [4.78, 5) is 40.4. The number of esters is 1. The van der Waals surface area contributed by atoms with Gasteiger partial charge in [-0.05, 0) is 55.3 Å². The zero-order valence-corrected chi connectivity index (χ0v) is 19.6. The Bertz CT molecular complexity index is 1400. The van der Waals surface area contributed by atoms with Crippen molar-refractivity contribution in [2.24, 2.45) is 0 Å². The van der Waals surface area contributed by atoms with Crippen LogP contribution < -0.4 is 16.1 Å². The average molecular weight is 470 g/mol. The van der Waals surface area contributed by atoms with Crippen LogP contribution in [0.25, 0.3) is 22.0 Å². The van der Waals surface area contributed by atoms with E-state index in [1.54, 1.807) is 19.1 Å². The van der Waals surface area contributed by atoms with E-state index in [1.165, 1.54) is 6.20 Å². The highest BCUT2D eigenvalue weighted by molar-refractivity contribution is 5.95. The van der Waals surface area contributed by atoms with E-state index in [4.69, 9.17) is 4.74 Å². The molecule has 1 atom stereocenters. The summed E-state index contributed by atoms with van der Waals surface area (Å²) < 4.78 is 4.95. The quantitative estimate of drug-likeness (QED) is 0.328. The second kappa shape index (κ2) is 10.7. The molecule has 0 aliphatic carbocycles. The van der Waals surface area contributed by atoms with Crippen molar-refractivity contribution in [1.82, 2.24) is 10.3 Å². The van der Waals surface area contributed by atoms with Crippen LogP contribution >= 0.6 is 0 Å². The van der Waals surface area contributed by atoms with E-state index in [1.807, 2.05) is 67.6 Å². The van der Waals surface area contributed by atoms with Gasteiger partial charge in [-0.1, -0.05) is 42.5 Å². The second-order valence-electron chi connectivity index (χ2n) is 8.21. The molecule has 1 amide bonds. The van der Waals surface area contributed by atoms with Gasteiger partial charge < -0.3 is 20.4 Å². The van der Waals surface area contributed by atoms with Gasteiger partial charge >= 0.3 is 5.97 Å². The minimum atomic E-state index is -0.651. The number of fused-ring (bicyclic) bond motifs is 1. The molecule has 0 fully saturated rings. The molecule has 3 N–H and O–H groups in total. The van der Waals surface area contributed by atoms with Gasteiger partial charge in [0.2, 0.25) is 5.43 Å². The largest absolute Gasteiger partial charge is 0.462 e. The minimum Gasteiger partial charge on any atom is -0.462 e. The SMILES string of the molecule is CCOC(=O)c1c[nH]c2ccc(NCC(C)NC(=O)c3ccc(-c4ccccc4)cc3)cc2c1=O. The van der Waals surface area contributed by atoms with Gasteiger partial charge in [0, 0.05) is 40.9 Å². The molecule has 35 heavy (non-hydrogen) atoms. The van der Waals surface area contributed by atoms with Crippen molar-refractivity contribution in [3.8, 4) is 11.1 Å². The highest BCUT2D eigenvalue weighted by Gasteiger charge is 2.15. The highest BCUT2D eigenvalue weighted by Crippen LogP contribution is 2.19. The number of anilines is 1. The topological polar surface area (TPSA) is 100 Å². The first kappa shape index (κ1) is 23.8. The molecule has 0 spiro atoms. The summed E-state index contributed by atoms with van der Waals surface area (Å²) in [5.41, 5.74) is 3.64. The number of pyridine rings is 1. The molecule has 0 bridgehead atoms. The smallest absolute Gasteiger partial charge is 0.343 e. The number of aromatic nitrogens is 1. The lowest BCUT2D eigenvalue weighted by Gasteiger charge is -2.16. The van der Waals surface area contributed by atoms with E-state index >= 15 is 0 Å². The highest BCUT2D eigenvalue weighted by atomic mass is 16.5. The number of carbonyl (C=O) groups is 2. The fourth-order valence-electron chi connectivity index (χ4n) is 3.76. The third-order valence-corrected chi connectivity index (χ3v) is 5.62. The third-order valence-electron chi connectivity index (χ3n) is 5.62. The predicted molar refractivity (Wildman–Crippen MR) is 138 cm³/mol. The molecule has 0 aliphatic rings. The Hall–Kier alpha value is -4.39. The van der Waals surface area contributed by atoms with Crippen LogP contribution in [-0.4, -0.2) is 36.1 Å². The number of benzene rings is 3. The zero-order chi connectivity index (χ0) is 24.8. The molecule has 1 heterocycles. The maximum Gasteiger partial charge on any atom is 0.343 e. The Morgan fingerprint density at radius 2 is 1.69 bits per heavy atom. The van der Waals surface area contributed by atoms with Crippen LogP contribution in [-0.2, 0) is 4.74 Å². The molecule has 7 nitrogen and oxygen atoms in total. The van der Waals surface area contributed by atoms with Gasteiger partial charge in [-0.2, -0.15) is 0 Å². The normalized spacial score (nSPS) is 11.6. The molecule has 1 unspecified atom stereocenters. The Kier molecular flexibility index (Phi) is 7.26. The first-order valence-corrected chi connectivity index (χ1v) is 11.5. The van der Waals surface area contributed by atoms with Crippen LogP contribution in [0.1, 0.15) is 34.6 Å². The summed E-state index contributed by atoms with van der Waals surface area (Å²) in [7, 11) is 0. The van der Waals surface area contributed by atoms with Gasteiger partial charge in [0.05, 0.1) is 6.61 Å². The van der Waals surface area contributed by atoms with Crippen LogP contribution in [0.2, 0.25) is 0 Å². The summed E-state index contributed by atoms with van der Waals surface area (Å²) in [6.45, 7) is 4.23. The van der Waals surface area contributed by atoms with Crippen molar-refractivity contribution in [2.75, 3.05) is 18.5 Å². The molecule has 178 valence electrons. The molecule has 0 saturated heterocycles. The van der Waals surface area contributed by atoms with Crippen molar-refractivity contribution in [1.29, 1.82) is 0 Å². The van der Waals surface area contributed by atoms with Crippen LogP contribution in [0.4, 0.5) is 5.69 Å². The van der Waals surface area contributed by atoms with Gasteiger partial charge in [0.15, 0.2) is 0 Å². The molecule has 3 aromatic carbocycles. The van der Waals surface area contributed by atoms with E-state index in [0.29, 0.717) is 28.7 Å². The first-order valence-electron chi connectivity index (χ1n) is 11.5. The summed E-state index contributed by atoms with van der Waals surface area (Å²) >= 11 is 0. The second-order valence-corrected chi connectivity index (χ2v) is 8.21. The van der Waals surface area contributed by atoms with E-state index in [-0.39, 0.29) is 29.5 Å². The van der Waals surface area contributed by atoms with E-state index in [0.717, 1.165) is 11.1 Å². The van der Waals surface area contributed by atoms with Crippen molar-refractivity contribution in [3.05, 3.63) is 100 Å². The van der Waals surface area contributed by atoms with Gasteiger partial charge in [0.25, 0.3) is 5.91 Å². The predicted octanol–water partition coefficient (Wildman–Crippen LogP) is 4.60. The maximum absolute atomic E-state index is 12.7. The van der Waals surface area contributed by atoms with E-state index in [9.17, 15) is 14.4 Å². The van der Waals surface area contributed by atoms with Crippen molar-refractivity contribution in [2.45, 2.75) is 19.9 Å². The number of hydrogen-bond acceptors (Lipinski definition) is 5. The van der Waals surface area contributed by atoms with Crippen LogP contribution in [0.5, 0.6) is 0 Å². The molecular formula is C28H27N3O4. The summed E-state index contributed by atoms with van der Waals surface area (Å²) in [6, 6.07) is 22.6. The lowest BCUT2D eigenvalue weighted by molar-refractivity contribution is 0.0524. The van der Waals surface area contributed by atoms with Gasteiger partial charge in [-0.25, -0.2) is 4.79 Å². The number of carbonyl (C=O) groups excluding carboxylic acids is 2. The molecule has 1 aromatic heterocycles. The average Bonchev–Trinajstić information content (AvgIpc) is 2.88. The molecule has 7 heteroatoms. The molecule has 0 saturated carbocycles. The van der Waals surface area contributed by atoms with Crippen LogP contribution in [0.15, 0.2) is 83.8 Å². The number of hydrogen-bond donors (Lipinski definition) is 3. The number of H-pyrrole nitrogens is 1. The molecule has 0 aliphatic heterocycles. The van der Waals surface area contributed by atoms with Gasteiger partial charge in [-0.15, -0.1) is 0 Å². The molecule has 4 aromatic rings. The Balaban J connectivity index is 1.39. The molecular weight excluding hydrogens is 442 g/mol. The lowest BCUT2D eigenvalue weighted by atomic mass is 10.0. The summed E-state index contributed by atoms with van der Waals surface area (Å²) in [5.74, 6) is -0.810. The Morgan fingerprint density at radius 3 is 2.40 bits per heavy atom. The van der Waals surface area contributed by atoms with Crippen molar-refractivity contribution in [3.63, 3.8) is 0 Å². The van der Waals surface area contributed by atoms with E-state index in [2.05, 4.69) is 15.6 Å². The first-order chi connectivity index (χ1) is 17.0. The number of nitrogens with one attached hydrogen (secondary N) is 3. The number of amides is 1. The standard InChI is InChI=1S/C28H27N3O4/c1-3-35-28(34)24-17-30-25-14-13-22(15-23(25)26(24)32)29-16-18(2)31-27(33)21-11-9-20(10-12-21)19-7-5-4-6-8-19/h4-15,17-18,29H,3,16H2,1-2H3,(H,30,32)(H,31,33). The summed E-state index contributed by atoms with van der Waals surface area (Å²) in [6.07, 6.45) is 1.37.